The molecule has 1 aromatic heterocycles. The highest BCUT2D eigenvalue weighted by Crippen LogP contribution is 2.17. The van der Waals surface area contributed by atoms with Crippen molar-refractivity contribution in [3.05, 3.63) is 52.0 Å². The maximum absolute atomic E-state index is 10.9. The van der Waals surface area contributed by atoms with Crippen molar-refractivity contribution in [2.24, 2.45) is 0 Å². The zero-order valence-corrected chi connectivity index (χ0v) is 13.1. The molecule has 1 heterocycles. The van der Waals surface area contributed by atoms with Gasteiger partial charge in [0.1, 0.15) is 6.04 Å². The quantitative estimate of drug-likeness (QED) is 0.854. The summed E-state index contributed by atoms with van der Waals surface area (Å²) in [7, 11) is 1.82. The number of carboxylic acid groups (broad SMARTS) is 1. The first-order chi connectivity index (χ1) is 10.1. The molecule has 112 valence electrons. The van der Waals surface area contributed by atoms with Crippen molar-refractivity contribution >= 4 is 17.3 Å². The fourth-order valence-electron chi connectivity index (χ4n) is 2.00. The third-order valence-corrected chi connectivity index (χ3v) is 4.54. The predicted molar refractivity (Wildman–Crippen MR) is 84.5 cm³/mol. The summed E-state index contributed by atoms with van der Waals surface area (Å²) in [5.74, 6) is -0.800. The Morgan fingerprint density at radius 3 is 2.71 bits per heavy atom. The van der Waals surface area contributed by atoms with Gasteiger partial charge in [-0.25, -0.2) is 4.98 Å². The molecule has 5 heteroatoms. The topological polar surface area (TPSA) is 53.4 Å². The van der Waals surface area contributed by atoms with E-state index in [1.54, 1.807) is 18.3 Å². The van der Waals surface area contributed by atoms with Crippen LogP contribution in [0.2, 0.25) is 0 Å². The molecule has 0 aliphatic carbocycles. The Labute approximate surface area is 129 Å². The van der Waals surface area contributed by atoms with Gasteiger partial charge in [-0.15, -0.1) is 11.3 Å². The smallest absolute Gasteiger partial charge is 0.320 e. The molecule has 0 spiro atoms. The lowest BCUT2D eigenvalue weighted by molar-refractivity contribution is -0.142. The second kappa shape index (κ2) is 7.33. The SMILES string of the molecule is CC(C(=O)O)N(C)Cc1cnc(CCc2ccccc2)s1. The summed E-state index contributed by atoms with van der Waals surface area (Å²) in [6.07, 6.45) is 3.76. The molecule has 1 unspecified atom stereocenters. The van der Waals surface area contributed by atoms with Crippen LogP contribution in [-0.4, -0.2) is 34.0 Å². The van der Waals surface area contributed by atoms with Crippen LogP contribution in [-0.2, 0) is 24.2 Å². The van der Waals surface area contributed by atoms with Crippen molar-refractivity contribution in [3.63, 3.8) is 0 Å². The first-order valence-electron chi connectivity index (χ1n) is 6.97. The van der Waals surface area contributed by atoms with Crippen LogP contribution in [0.1, 0.15) is 22.4 Å². The minimum Gasteiger partial charge on any atom is -0.480 e. The molecular weight excluding hydrogens is 284 g/mol. The highest BCUT2D eigenvalue weighted by atomic mass is 32.1. The van der Waals surface area contributed by atoms with Crippen molar-refractivity contribution in [1.82, 2.24) is 9.88 Å². The second-order valence-corrected chi connectivity index (χ2v) is 6.33. The van der Waals surface area contributed by atoms with Crippen LogP contribution in [0.15, 0.2) is 36.5 Å². The second-order valence-electron chi connectivity index (χ2n) is 5.14. The number of likely N-dealkylation sites (N-methyl/N-ethyl adjacent to an activating group) is 1. The Balaban J connectivity index is 1.88. The zero-order valence-electron chi connectivity index (χ0n) is 12.3. The lowest BCUT2D eigenvalue weighted by atomic mass is 10.1. The van der Waals surface area contributed by atoms with E-state index in [0.29, 0.717) is 6.54 Å². The molecule has 0 aliphatic rings. The van der Waals surface area contributed by atoms with Crippen LogP contribution in [0.25, 0.3) is 0 Å². The van der Waals surface area contributed by atoms with Crippen molar-refractivity contribution in [2.45, 2.75) is 32.4 Å². The third kappa shape index (κ3) is 4.65. The molecular formula is C16H20N2O2S. The predicted octanol–water partition coefficient (Wildman–Crippen LogP) is 2.83. The van der Waals surface area contributed by atoms with E-state index < -0.39 is 12.0 Å². The van der Waals surface area contributed by atoms with E-state index in [2.05, 4.69) is 17.1 Å². The number of carbonyl (C=O) groups is 1. The molecule has 0 radical (unpaired) electrons. The highest BCUT2D eigenvalue weighted by Gasteiger charge is 2.17. The van der Waals surface area contributed by atoms with Crippen molar-refractivity contribution < 1.29 is 9.90 Å². The molecule has 0 fully saturated rings. The molecule has 0 saturated carbocycles. The van der Waals surface area contributed by atoms with Gasteiger partial charge in [0.2, 0.25) is 0 Å². The first kappa shape index (κ1) is 15.7. The highest BCUT2D eigenvalue weighted by molar-refractivity contribution is 7.11. The number of thiazole rings is 1. The molecule has 21 heavy (non-hydrogen) atoms. The lowest BCUT2D eigenvalue weighted by Crippen LogP contribution is -2.35. The van der Waals surface area contributed by atoms with Gasteiger partial charge >= 0.3 is 5.97 Å². The van der Waals surface area contributed by atoms with E-state index >= 15 is 0 Å². The molecule has 1 atom stereocenters. The van der Waals surface area contributed by atoms with Gasteiger partial charge in [-0.3, -0.25) is 9.69 Å². The maximum atomic E-state index is 10.9. The number of aliphatic carboxylic acids is 1. The molecule has 0 bridgehead atoms. The number of hydrogen-bond donors (Lipinski definition) is 1. The number of aromatic nitrogens is 1. The van der Waals surface area contributed by atoms with Gasteiger partial charge in [0.05, 0.1) is 5.01 Å². The monoisotopic (exact) mass is 304 g/mol. The number of aryl methyl sites for hydroxylation is 2. The molecule has 2 rings (SSSR count). The van der Waals surface area contributed by atoms with Crippen LogP contribution >= 0.6 is 11.3 Å². The van der Waals surface area contributed by atoms with Gasteiger partial charge in [0.25, 0.3) is 0 Å². The largest absolute Gasteiger partial charge is 0.480 e. The summed E-state index contributed by atoms with van der Waals surface area (Å²) in [6.45, 7) is 2.32. The van der Waals surface area contributed by atoms with Gasteiger partial charge in [-0.1, -0.05) is 30.3 Å². The number of rotatable bonds is 7. The van der Waals surface area contributed by atoms with Crippen LogP contribution in [0.3, 0.4) is 0 Å². The normalized spacial score (nSPS) is 12.5. The van der Waals surface area contributed by atoms with Crippen molar-refractivity contribution in [3.8, 4) is 0 Å². The van der Waals surface area contributed by atoms with E-state index in [1.165, 1.54) is 5.56 Å². The molecule has 1 aromatic carbocycles. The van der Waals surface area contributed by atoms with Gasteiger partial charge < -0.3 is 5.11 Å². The van der Waals surface area contributed by atoms with E-state index in [0.717, 1.165) is 22.7 Å². The summed E-state index contributed by atoms with van der Waals surface area (Å²) in [5, 5.41) is 10.1. The summed E-state index contributed by atoms with van der Waals surface area (Å²) in [6, 6.07) is 9.87. The maximum Gasteiger partial charge on any atom is 0.320 e. The summed E-state index contributed by atoms with van der Waals surface area (Å²) in [5.41, 5.74) is 1.31. The fraction of sp³-hybridized carbons (Fsp3) is 0.375. The van der Waals surface area contributed by atoms with Gasteiger partial charge in [0, 0.05) is 24.0 Å². The Morgan fingerprint density at radius 1 is 1.33 bits per heavy atom. The minimum atomic E-state index is -0.800. The van der Waals surface area contributed by atoms with Gasteiger partial charge in [-0.2, -0.15) is 0 Å². The van der Waals surface area contributed by atoms with Crippen LogP contribution < -0.4 is 0 Å². The number of carboxylic acids is 1. The van der Waals surface area contributed by atoms with Crippen molar-refractivity contribution in [2.75, 3.05) is 7.05 Å². The molecule has 2 aromatic rings. The average molecular weight is 304 g/mol. The zero-order chi connectivity index (χ0) is 15.2. The minimum absolute atomic E-state index is 0.486. The van der Waals surface area contributed by atoms with E-state index in [4.69, 9.17) is 5.11 Å². The Kier molecular flexibility index (Phi) is 5.47. The molecule has 0 aliphatic heterocycles. The third-order valence-electron chi connectivity index (χ3n) is 3.50. The summed E-state index contributed by atoms with van der Waals surface area (Å²) < 4.78 is 0. The fourth-order valence-corrected chi connectivity index (χ4v) is 2.99. The lowest BCUT2D eigenvalue weighted by Gasteiger charge is -2.19. The van der Waals surface area contributed by atoms with Gasteiger partial charge in [0.15, 0.2) is 0 Å². The molecule has 0 amide bonds. The van der Waals surface area contributed by atoms with Gasteiger partial charge in [-0.05, 0) is 26.0 Å². The average Bonchev–Trinajstić information content (AvgIpc) is 2.92. The number of nitrogens with zero attached hydrogens (tertiary/aromatic N) is 2. The molecule has 1 N–H and O–H groups in total. The summed E-state index contributed by atoms with van der Waals surface area (Å²) in [4.78, 5) is 18.3. The van der Waals surface area contributed by atoms with Crippen LogP contribution in [0.5, 0.6) is 0 Å². The molecule has 0 saturated heterocycles. The first-order valence-corrected chi connectivity index (χ1v) is 7.78. The van der Waals surface area contributed by atoms with Crippen LogP contribution in [0, 0.1) is 0 Å². The Bertz CT molecular complexity index is 583. The summed E-state index contributed by atoms with van der Waals surface area (Å²) >= 11 is 1.66. The van der Waals surface area contributed by atoms with Crippen molar-refractivity contribution in [1.29, 1.82) is 0 Å². The Hall–Kier alpha value is -1.72. The number of benzene rings is 1. The number of hydrogen-bond acceptors (Lipinski definition) is 4. The van der Waals surface area contributed by atoms with E-state index in [9.17, 15) is 4.79 Å². The molecule has 4 nitrogen and oxygen atoms in total. The standard InChI is InChI=1S/C16H20N2O2S/c1-12(16(19)20)18(2)11-14-10-17-15(21-14)9-8-13-6-4-3-5-7-13/h3-7,10,12H,8-9,11H2,1-2H3,(H,19,20). The van der Waals surface area contributed by atoms with E-state index in [1.807, 2.05) is 36.3 Å². The van der Waals surface area contributed by atoms with Crippen LogP contribution in [0.4, 0.5) is 0 Å². The Morgan fingerprint density at radius 2 is 2.05 bits per heavy atom. The van der Waals surface area contributed by atoms with E-state index in [-0.39, 0.29) is 0 Å².